The summed E-state index contributed by atoms with van der Waals surface area (Å²) < 4.78 is 14.2. The highest BCUT2D eigenvalue weighted by Gasteiger charge is 2.73. The lowest BCUT2D eigenvalue weighted by Crippen LogP contribution is -2.67. The van der Waals surface area contributed by atoms with E-state index in [1.165, 1.54) is 32.9 Å². The number of carbonyl (C=O) groups excluding carboxylic acids is 4. The van der Waals surface area contributed by atoms with Gasteiger partial charge in [0.2, 0.25) is 12.7 Å². The second kappa shape index (κ2) is 8.20. The molecule has 2 fully saturated rings. The Balaban J connectivity index is 1.95. The van der Waals surface area contributed by atoms with Crippen molar-refractivity contribution in [2.75, 3.05) is 21.0 Å². The highest BCUT2D eigenvalue weighted by Crippen LogP contribution is 2.66. The van der Waals surface area contributed by atoms with Gasteiger partial charge in [0.1, 0.15) is 4.75 Å². The predicted molar refractivity (Wildman–Crippen MR) is 124 cm³/mol. The number of rotatable bonds is 3. The van der Waals surface area contributed by atoms with Gasteiger partial charge in [0.15, 0.2) is 27.3 Å². The molecule has 1 saturated carbocycles. The lowest BCUT2D eigenvalue weighted by molar-refractivity contribution is -0.151. The summed E-state index contributed by atoms with van der Waals surface area (Å²) in [6.45, 7) is 4.61. The molecule has 1 aromatic carbocycles. The quantitative estimate of drug-likeness (QED) is 0.566. The number of carbonyl (C=O) groups is 4. The standard InChI is InChI=1S/C23H24N2O7S2/c1-12(26)33-22(3)18(27)17-16(13-6-7-14-15(8-13)32-11-31-14)21(2,10-24)9-23(17,19(28)25(22)4)34-20(29)30-5/h6-8,16-17H,9,11H2,1-5H3/t16?,17?,21-,22+,23-/m1/s1. The molecule has 2 heterocycles. The summed E-state index contributed by atoms with van der Waals surface area (Å²) in [5.41, 5.74) is -0.566. The largest absolute Gasteiger partial charge is 0.461 e. The van der Waals surface area contributed by atoms with Crippen LogP contribution in [-0.4, -0.2) is 57.6 Å². The lowest BCUT2D eigenvalue weighted by Gasteiger charge is -2.50. The van der Waals surface area contributed by atoms with Gasteiger partial charge in [-0.05, 0) is 49.7 Å². The molecule has 2 unspecified atom stereocenters. The third-order valence-corrected chi connectivity index (χ3v) is 9.41. The van der Waals surface area contributed by atoms with Crippen LogP contribution in [0, 0.1) is 22.7 Å². The van der Waals surface area contributed by atoms with E-state index in [4.69, 9.17) is 14.2 Å². The molecule has 0 radical (unpaired) electrons. The van der Waals surface area contributed by atoms with Crippen molar-refractivity contribution >= 4 is 45.6 Å². The number of methoxy groups -OCH3 is 1. The fraction of sp³-hybridized carbons (Fsp3) is 0.522. The molecule has 2 aliphatic heterocycles. The summed E-state index contributed by atoms with van der Waals surface area (Å²) in [5.74, 6) is -1.69. The first-order chi connectivity index (χ1) is 15.9. The van der Waals surface area contributed by atoms with Gasteiger partial charge < -0.3 is 19.1 Å². The molecular weight excluding hydrogens is 480 g/mol. The van der Waals surface area contributed by atoms with Gasteiger partial charge in [-0.25, -0.2) is 4.79 Å². The van der Waals surface area contributed by atoms with Crippen molar-refractivity contribution in [3.8, 4) is 17.6 Å². The number of nitriles is 1. The van der Waals surface area contributed by atoms with Crippen molar-refractivity contribution in [2.45, 2.75) is 42.7 Å². The van der Waals surface area contributed by atoms with E-state index in [2.05, 4.69) is 6.07 Å². The molecule has 0 aromatic heterocycles. The molecule has 180 valence electrons. The van der Waals surface area contributed by atoms with Crippen molar-refractivity contribution < 1.29 is 33.4 Å². The summed E-state index contributed by atoms with van der Waals surface area (Å²) >= 11 is 1.40. The van der Waals surface area contributed by atoms with Crippen LogP contribution >= 0.6 is 23.5 Å². The Morgan fingerprint density at radius 1 is 1.18 bits per heavy atom. The third kappa shape index (κ3) is 3.38. The Kier molecular flexibility index (Phi) is 5.89. The molecule has 1 aliphatic carbocycles. The highest BCUT2D eigenvalue weighted by atomic mass is 32.2. The number of hydrogen-bond acceptors (Lipinski definition) is 10. The predicted octanol–water partition coefficient (Wildman–Crippen LogP) is 3.32. The zero-order valence-electron chi connectivity index (χ0n) is 19.4. The van der Waals surface area contributed by atoms with E-state index >= 15 is 0 Å². The molecule has 1 saturated heterocycles. The minimum absolute atomic E-state index is 0.0459. The van der Waals surface area contributed by atoms with Crippen molar-refractivity contribution in [1.82, 2.24) is 4.90 Å². The second-order valence-electron chi connectivity index (χ2n) is 9.02. The van der Waals surface area contributed by atoms with Crippen LogP contribution in [-0.2, 0) is 19.1 Å². The van der Waals surface area contributed by atoms with Gasteiger partial charge in [-0.1, -0.05) is 17.8 Å². The number of nitrogens with zero attached hydrogens (tertiary/aromatic N) is 2. The average molecular weight is 505 g/mol. The van der Waals surface area contributed by atoms with Gasteiger partial charge in [0, 0.05) is 19.9 Å². The first-order valence-electron chi connectivity index (χ1n) is 10.5. The van der Waals surface area contributed by atoms with Crippen molar-refractivity contribution in [3.63, 3.8) is 0 Å². The van der Waals surface area contributed by atoms with Crippen LogP contribution in [0.15, 0.2) is 18.2 Å². The number of fused-ring (bicyclic) bond motifs is 2. The number of benzene rings is 1. The van der Waals surface area contributed by atoms with E-state index in [1.807, 2.05) is 0 Å². The molecular formula is C23H24N2O7S2. The minimum atomic E-state index is -1.57. The van der Waals surface area contributed by atoms with E-state index in [1.54, 1.807) is 25.1 Å². The highest BCUT2D eigenvalue weighted by molar-refractivity contribution is 8.16. The van der Waals surface area contributed by atoms with Gasteiger partial charge in [0.05, 0.1) is 24.5 Å². The number of likely N-dealkylation sites (tertiary alicyclic amines) is 1. The SMILES string of the molecule is COC(=O)S[C@]12C[C@](C)(C#N)C(c3ccc4c(c3)OCO4)C1C(=O)[C@](C)(SC(C)=O)N(C)C2=O. The van der Waals surface area contributed by atoms with Gasteiger partial charge in [-0.15, -0.1) is 0 Å². The van der Waals surface area contributed by atoms with Crippen LogP contribution in [0.5, 0.6) is 11.5 Å². The smallest absolute Gasteiger partial charge is 0.368 e. The van der Waals surface area contributed by atoms with E-state index in [0.29, 0.717) is 28.8 Å². The molecule has 0 bridgehead atoms. The fourth-order valence-corrected chi connectivity index (χ4v) is 7.77. The van der Waals surface area contributed by atoms with Crippen LogP contribution in [0.1, 0.15) is 38.7 Å². The fourth-order valence-electron chi connectivity index (χ4n) is 5.41. The van der Waals surface area contributed by atoms with Gasteiger partial charge in [-0.2, -0.15) is 5.26 Å². The van der Waals surface area contributed by atoms with E-state index in [9.17, 15) is 24.4 Å². The first-order valence-corrected chi connectivity index (χ1v) is 12.2. The van der Waals surface area contributed by atoms with Gasteiger partial charge >= 0.3 is 5.30 Å². The second-order valence-corrected chi connectivity index (χ2v) is 11.9. The summed E-state index contributed by atoms with van der Waals surface area (Å²) in [6, 6.07) is 7.48. The average Bonchev–Trinajstić information content (AvgIpc) is 3.36. The third-order valence-electron chi connectivity index (χ3n) is 6.98. The summed E-state index contributed by atoms with van der Waals surface area (Å²) in [5, 5.41) is 9.23. The first kappa shape index (κ1) is 24.4. The van der Waals surface area contributed by atoms with Crippen LogP contribution in [0.3, 0.4) is 0 Å². The topological polar surface area (TPSA) is 123 Å². The lowest BCUT2D eigenvalue weighted by atomic mass is 9.70. The molecule has 3 aliphatic rings. The number of piperidine rings is 1. The number of amides is 1. The normalized spacial score (nSPS) is 33.9. The maximum atomic E-state index is 14.2. The molecule has 9 nitrogen and oxygen atoms in total. The maximum absolute atomic E-state index is 14.2. The Hall–Kier alpha value is -2.71. The van der Waals surface area contributed by atoms with E-state index in [-0.39, 0.29) is 18.3 Å². The van der Waals surface area contributed by atoms with Crippen molar-refractivity contribution in [3.05, 3.63) is 23.8 Å². The van der Waals surface area contributed by atoms with Crippen LogP contribution in [0.2, 0.25) is 0 Å². The number of ketones is 1. The van der Waals surface area contributed by atoms with Crippen LogP contribution in [0.25, 0.3) is 0 Å². The zero-order valence-corrected chi connectivity index (χ0v) is 21.0. The minimum Gasteiger partial charge on any atom is -0.461 e. The van der Waals surface area contributed by atoms with Crippen molar-refractivity contribution in [1.29, 1.82) is 5.26 Å². The summed E-state index contributed by atoms with van der Waals surface area (Å²) in [7, 11) is 2.65. The van der Waals surface area contributed by atoms with Crippen LogP contribution in [0.4, 0.5) is 4.79 Å². The van der Waals surface area contributed by atoms with Crippen LogP contribution < -0.4 is 9.47 Å². The number of thioether (sulfide) groups is 2. The zero-order chi connectivity index (χ0) is 25.1. The molecule has 4 rings (SSSR count). The van der Waals surface area contributed by atoms with E-state index < -0.39 is 43.9 Å². The number of hydrogen-bond donors (Lipinski definition) is 0. The Morgan fingerprint density at radius 3 is 2.47 bits per heavy atom. The monoisotopic (exact) mass is 504 g/mol. The van der Waals surface area contributed by atoms with Gasteiger partial charge in [-0.3, -0.25) is 14.4 Å². The Morgan fingerprint density at radius 2 is 1.85 bits per heavy atom. The Bertz CT molecular complexity index is 1150. The molecule has 34 heavy (non-hydrogen) atoms. The molecule has 11 heteroatoms. The van der Waals surface area contributed by atoms with E-state index in [0.717, 1.165) is 11.8 Å². The summed E-state index contributed by atoms with van der Waals surface area (Å²) in [6.07, 6.45) is -0.0459. The number of likely N-dealkylation sites (N-methyl/N-ethyl adjacent to an activating group) is 1. The molecule has 5 atom stereocenters. The number of ether oxygens (including phenoxy) is 3. The molecule has 1 aromatic rings. The van der Waals surface area contributed by atoms with Gasteiger partial charge in [0.25, 0.3) is 0 Å². The number of Topliss-reactive ketones (excluding diaryl/α,β-unsaturated/α-hetero) is 1. The molecule has 0 N–H and O–H groups in total. The van der Waals surface area contributed by atoms with Crippen molar-refractivity contribution in [2.24, 2.45) is 11.3 Å². The molecule has 1 amide bonds. The molecule has 0 spiro atoms. The maximum Gasteiger partial charge on any atom is 0.368 e. The summed E-state index contributed by atoms with van der Waals surface area (Å²) in [4.78, 5) is 52.5. The Labute approximate surface area is 205 Å².